The zero-order chi connectivity index (χ0) is 13.4. The minimum absolute atomic E-state index is 0.195. The lowest BCUT2D eigenvalue weighted by Crippen LogP contribution is -2.31. The normalized spacial score (nSPS) is 9.94. The number of nitrogens with zero attached hydrogens (tertiary/aromatic N) is 1. The first-order chi connectivity index (χ1) is 8.71. The van der Waals surface area contributed by atoms with Crippen LogP contribution in [0.1, 0.15) is 20.3 Å². The van der Waals surface area contributed by atoms with E-state index in [1.165, 1.54) is 0 Å². The Bertz CT molecular complexity index is 359. The summed E-state index contributed by atoms with van der Waals surface area (Å²) in [6.45, 7) is 6.20. The molecule has 0 spiro atoms. The van der Waals surface area contributed by atoms with E-state index in [1.54, 1.807) is 7.11 Å². The van der Waals surface area contributed by atoms with Crippen LogP contribution in [0.3, 0.4) is 0 Å². The number of nitrogens with one attached hydrogen (secondary N) is 1. The molecular formula is C14H22N2O2. The zero-order valence-electron chi connectivity index (χ0n) is 11.4. The maximum absolute atomic E-state index is 11.8. The minimum Gasteiger partial charge on any atom is -0.497 e. The first kappa shape index (κ1) is 14.4. The maximum Gasteiger partial charge on any atom is 0.224 e. The summed E-state index contributed by atoms with van der Waals surface area (Å²) in [5.41, 5.74) is 1.00. The fourth-order valence-corrected chi connectivity index (χ4v) is 1.76. The van der Waals surface area contributed by atoms with Crippen LogP contribution in [0.25, 0.3) is 0 Å². The Morgan fingerprint density at radius 3 is 2.33 bits per heavy atom. The van der Waals surface area contributed by atoms with Crippen molar-refractivity contribution in [2.45, 2.75) is 20.3 Å². The highest BCUT2D eigenvalue weighted by Crippen LogP contribution is 2.14. The Hall–Kier alpha value is -1.71. The van der Waals surface area contributed by atoms with Crippen molar-refractivity contribution in [3.8, 4) is 5.75 Å². The highest BCUT2D eigenvalue weighted by atomic mass is 16.5. The molecule has 18 heavy (non-hydrogen) atoms. The number of methoxy groups -OCH3 is 1. The molecule has 1 aromatic rings. The standard InChI is InChI=1S/C14H22N2O2/c1-4-16(5-2)14(17)10-11-15-12-6-8-13(18-3)9-7-12/h6-9,15H,4-5,10-11H2,1-3H3. The number of carbonyl (C=O) groups excluding carboxylic acids is 1. The molecule has 0 radical (unpaired) electrons. The minimum atomic E-state index is 0.195. The second-order valence-corrected chi connectivity index (χ2v) is 3.97. The van der Waals surface area contributed by atoms with Gasteiger partial charge in [-0.25, -0.2) is 0 Å². The maximum atomic E-state index is 11.8. The van der Waals surface area contributed by atoms with Crippen LogP contribution in [0.2, 0.25) is 0 Å². The molecule has 1 N–H and O–H groups in total. The van der Waals surface area contributed by atoms with Crippen molar-refractivity contribution in [2.75, 3.05) is 32.1 Å². The van der Waals surface area contributed by atoms with E-state index in [1.807, 2.05) is 43.0 Å². The summed E-state index contributed by atoms with van der Waals surface area (Å²) in [6, 6.07) is 7.69. The molecule has 0 atom stereocenters. The summed E-state index contributed by atoms with van der Waals surface area (Å²) in [7, 11) is 1.64. The van der Waals surface area contributed by atoms with Gasteiger partial charge in [-0.2, -0.15) is 0 Å². The molecular weight excluding hydrogens is 228 g/mol. The summed E-state index contributed by atoms with van der Waals surface area (Å²) < 4.78 is 5.08. The average molecular weight is 250 g/mol. The molecule has 4 nitrogen and oxygen atoms in total. The Morgan fingerprint density at radius 1 is 1.22 bits per heavy atom. The summed E-state index contributed by atoms with van der Waals surface area (Å²) >= 11 is 0. The molecule has 0 fully saturated rings. The van der Waals surface area contributed by atoms with Crippen molar-refractivity contribution < 1.29 is 9.53 Å². The predicted octanol–water partition coefficient (Wildman–Crippen LogP) is 2.37. The van der Waals surface area contributed by atoms with Crippen molar-refractivity contribution in [2.24, 2.45) is 0 Å². The second kappa shape index (κ2) is 7.58. The molecule has 0 unspecified atom stereocenters. The van der Waals surface area contributed by atoms with Crippen LogP contribution in [-0.4, -0.2) is 37.6 Å². The van der Waals surface area contributed by atoms with Gasteiger partial charge in [0.2, 0.25) is 5.91 Å². The number of carbonyl (C=O) groups is 1. The highest BCUT2D eigenvalue weighted by Gasteiger charge is 2.08. The second-order valence-electron chi connectivity index (χ2n) is 3.97. The van der Waals surface area contributed by atoms with Gasteiger partial charge in [0.1, 0.15) is 5.75 Å². The first-order valence-corrected chi connectivity index (χ1v) is 6.37. The van der Waals surface area contributed by atoms with E-state index >= 15 is 0 Å². The number of hydrogen-bond acceptors (Lipinski definition) is 3. The van der Waals surface area contributed by atoms with Gasteiger partial charge in [0, 0.05) is 31.7 Å². The zero-order valence-corrected chi connectivity index (χ0v) is 11.4. The van der Waals surface area contributed by atoms with Crippen LogP contribution in [0.5, 0.6) is 5.75 Å². The lowest BCUT2D eigenvalue weighted by atomic mass is 10.3. The molecule has 100 valence electrons. The lowest BCUT2D eigenvalue weighted by Gasteiger charge is -2.18. The van der Waals surface area contributed by atoms with Gasteiger partial charge in [0.05, 0.1) is 7.11 Å². The summed E-state index contributed by atoms with van der Waals surface area (Å²) in [5.74, 6) is 1.03. The predicted molar refractivity (Wildman–Crippen MR) is 74.0 cm³/mol. The van der Waals surface area contributed by atoms with Gasteiger partial charge < -0.3 is 15.0 Å². The Morgan fingerprint density at radius 2 is 1.83 bits per heavy atom. The lowest BCUT2D eigenvalue weighted by molar-refractivity contribution is -0.130. The Kier molecular flexibility index (Phi) is 6.05. The number of benzene rings is 1. The van der Waals surface area contributed by atoms with Crippen molar-refractivity contribution in [1.82, 2.24) is 4.90 Å². The molecule has 0 aliphatic rings. The van der Waals surface area contributed by atoms with Gasteiger partial charge in [0.25, 0.3) is 0 Å². The third-order valence-electron chi connectivity index (χ3n) is 2.87. The molecule has 0 saturated heterocycles. The molecule has 4 heteroatoms. The van der Waals surface area contributed by atoms with E-state index < -0.39 is 0 Å². The van der Waals surface area contributed by atoms with Gasteiger partial charge in [-0.05, 0) is 38.1 Å². The van der Waals surface area contributed by atoms with Gasteiger partial charge in [-0.15, -0.1) is 0 Å². The van der Waals surface area contributed by atoms with E-state index in [0.29, 0.717) is 13.0 Å². The summed E-state index contributed by atoms with van der Waals surface area (Å²) in [4.78, 5) is 13.6. The number of amides is 1. The van der Waals surface area contributed by atoms with Crippen LogP contribution in [0, 0.1) is 0 Å². The Labute approximate surface area is 109 Å². The van der Waals surface area contributed by atoms with Crippen LogP contribution >= 0.6 is 0 Å². The van der Waals surface area contributed by atoms with Crippen molar-refractivity contribution in [1.29, 1.82) is 0 Å². The molecule has 1 aromatic carbocycles. The third kappa shape index (κ3) is 4.28. The van der Waals surface area contributed by atoms with Gasteiger partial charge >= 0.3 is 0 Å². The smallest absolute Gasteiger partial charge is 0.224 e. The van der Waals surface area contributed by atoms with Crippen LogP contribution < -0.4 is 10.1 Å². The quantitative estimate of drug-likeness (QED) is 0.807. The van der Waals surface area contributed by atoms with Crippen molar-refractivity contribution in [3.05, 3.63) is 24.3 Å². The Balaban J connectivity index is 2.34. The number of anilines is 1. The molecule has 0 bridgehead atoms. The largest absolute Gasteiger partial charge is 0.497 e. The molecule has 0 aliphatic heterocycles. The van der Waals surface area contributed by atoms with E-state index in [-0.39, 0.29) is 5.91 Å². The van der Waals surface area contributed by atoms with Gasteiger partial charge in [0.15, 0.2) is 0 Å². The van der Waals surface area contributed by atoms with Crippen LogP contribution in [-0.2, 0) is 4.79 Å². The fraction of sp³-hybridized carbons (Fsp3) is 0.500. The first-order valence-electron chi connectivity index (χ1n) is 6.37. The van der Waals surface area contributed by atoms with E-state index in [4.69, 9.17) is 4.74 Å². The molecule has 0 saturated carbocycles. The number of ether oxygens (including phenoxy) is 1. The van der Waals surface area contributed by atoms with E-state index in [0.717, 1.165) is 24.5 Å². The molecule has 0 aliphatic carbocycles. The van der Waals surface area contributed by atoms with Gasteiger partial charge in [-0.3, -0.25) is 4.79 Å². The molecule has 1 rings (SSSR count). The highest BCUT2D eigenvalue weighted by molar-refractivity contribution is 5.76. The summed E-state index contributed by atoms with van der Waals surface area (Å²) in [5, 5.41) is 3.23. The van der Waals surface area contributed by atoms with E-state index in [2.05, 4.69) is 5.32 Å². The molecule has 0 heterocycles. The monoisotopic (exact) mass is 250 g/mol. The van der Waals surface area contributed by atoms with Crippen molar-refractivity contribution in [3.63, 3.8) is 0 Å². The SMILES string of the molecule is CCN(CC)C(=O)CCNc1ccc(OC)cc1. The van der Waals surface area contributed by atoms with Crippen LogP contribution in [0.4, 0.5) is 5.69 Å². The topological polar surface area (TPSA) is 41.6 Å². The summed E-state index contributed by atoms with van der Waals surface area (Å²) in [6.07, 6.45) is 0.522. The van der Waals surface area contributed by atoms with Gasteiger partial charge in [-0.1, -0.05) is 0 Å². The third-order valence-corrected chi connectivity index (χ3v) is 2.87. The van der Waals surface area contributed by atoms with E-state index in [9.17, 15) is 4.79 Å². The molecule has 0 aromatic heterocycles. The fourth-order valence-electron chi connectivity index (χ4n) is 1.76. The van der Waals surface area contributed by atoms with Crippen LogP contribution in [0.15, 0.2) is 24.3 Å². The number of rotatable bonds is 7. The number of hydrogen-bond donors (Lipinski definition) is 1. The average Bonchev–Trinajstić information content (AvgIpc) is 2.41. The van der Waals surface area contributed by atoms with Crippen molar-refractivity contribution >= 4 is 11.6 Å². The molecule has 1 amide bonds.